The van der Waals surface area contributed by atoms with Gasteiger partial charge in [0.15, 0.2) is 6.10 Å². The molecule has 1 saturated heterocycles. The maximum atomic E-state index is 12.5. The van der Waals surface area contributed by atoms with Gasteiger partial charge >= 0.3 is 0 Å². The standard InChI is InChI=1S/C25H31N3O5/c1-16-6-7-17(2)22(15-16)33-18(3)23(29)28-20-10-8-19(9-11-20)24(30)26-12-13-27-25(31)21-5-4-14-32-21/h6-11,15,18,21H,4-5,12-14H2,1-3H3,(H,26,30)(H,27,31)(H,28,29). The minimum absolute atomic E-state index is 0.141. The van der Waals surface area contributed by atoms with Crippen LogP contribution in [0.3, 0.4) is 0 Å². The van der Waals surface area contributed by atoms with Crippen molar-refractivity contribution in [3.8, 4) is 5.75 Å². The third kappa shape index (κ3) is 7.05. The number of nitrogens with one attached hydrogen (secondary N) is 3. The van der Waals surface area contributed by atoms with Crippen LogP contribution in [0.1, 0.15) is 41.3 Å². The Bertz CT molecular complexity index is 984. The van der Waals surface area contributed by atoms with Gasteiger partial charge in [-0.25, -0.2) is 0 Å². The molecule has 3 N–H and O–H groups in total. The Morgan fingerprint density at radius 1 is 1.06 bits per heavy atom. The van der Waals surface area contributed by atoms with Crippen molar-refractivity contribution in [3.63, 3.8) is 0 Å². The van der Waals surface area contributed by atoms with E-state index in [0.29, 0.717) is 36.7 Å². The molecule has 0 spiro atoms. The Morgan fingerprint density at radius 2 is 1.79 bits per heavy atom. The molecule has 1 aliphatic rings. The molecule has 3 amide bonds. The molecule has 0 aliphatic carbocycles. The average molecular weight is 454 g/mol. The highest BCUT2D eigenvalue weighted by Gasteiger charge is 2.23. The van der Waals surface area contributed by atoms with Crippen LogP contribution in [0.25, 0.3) is 0 Å². The Morgan fingerprint density at radius 3 is 2.48 bits per heavy atom. The molecule has 176 valence electrons. The van der Waals surface area contributed by atoms with E-state index in [1.54, 1.807) is 31.2 Å². The zero-order chi connectivity index (χ0) is 23.8. The van der Waals surface area contributed by atoms with E-state index in [4.69, 9.17) is 9.47 Å². The third-order valence-electron chi connectivity index (χ3n) is 5.36. The molecule has 2 atom stereocenters. The topological polar surface area (TPSA) is 106 Å². The van der Waals surface area contributed by atoms with Crippen molar-refractivity contribution in [2.45, 2.75) is 45.8 Å². The molecule has 1 fully saturated rings. The van der Waals surface area contributed by atoms with Crippen LogP contribution in [0.5, 0.6) is 5.75 Å². The van der Waals surface area contributed by atoms with E-state index < -0.39 is 6.10 Å². The molecule has 1 heterocycles. The summed E-state index contributed by atoms with van der Waals surface area (Å²) in [6, 6.07) is 12.4. The van der Waals surface area contributed by atoms with E-state index in [1.165, 1.54) is 0 Å². The number of ether oxygens (including phenoxy) is 2. The minimum Gasteiger partial charge on any atom is -0.481 e. The highest BCUT2D eigenvalue weighted by molar-refractivity contribution is 5.96. The highest BCUT2D eigenvalue weighted by Crippen LogP contribution is 2.21. The van der Waals surface area contributed by atoms with Crippen LogP contribution in [-0.2, 0) is 14.3 Å². The molecule has 1 aliphatic heterocycles. The van der Waals surface area contributed by atoms with E-state index >= 15 is 0 Å². The number of amides is 3. The maximum absolute atomic E-state index is 12.5. The lowest BCUT2D eigenvalue weighted by Gasteiger charge is -2.17. The molecule has 2 aromatic rings. The molecule has 8 nitrogen and oxygen atoms in total. The van der Waals surface area contributed by atoms with Crippen LogP contribution >= 0.6 is 0 Å². The van der Waals surface area contributed by atoms with E-state index in [-0.39, 0.29) is 23.8 Å². The Kier molecular flexibility index (Phi) is 8.43. The van der Waals surface area contributed by atoms with Gasteiger partial charge < -0.3 is 25.4 Å². The number of anilines is 1. The molecule has 0 saturated carbocycles. The van der Waals surface area contributed by atoms with Gasteiger partial charge in [0.2, 0.25) is 5.91 Å². The van der Waals surface area contributed by atoms with Crippen molar-refractivity contribution < 1.29 is 23.9 Å². The Hall–Kier alpha value is -3.39. The smallest absolute Gasteiger partial charge is 0.265 e. The quantitative estimate of drug-likeness (QED) is 0.507. The normalized spacial score (nSPS) is 16.0. The summed E-state index contributed by atoms with van der Waals surface area (Å²) in [5.41, 5.74) is 3.04. The lowest BCUT2D eigenvalue weighted by Crippen LogP contribution is -2.39. The molecular weight excluding hydrogens is 422 g/mol. The summed E-state index contributed by atoms with van der Waals surface area (Å²) in [6.45, 7) is 6.84. The van der Waals surface area contributed by atoms with Crippen LogP contribution in [0.15, 0.2) is 42.5 Å². The first-order chi connectivity index (χ1) is 15.8. The van der Waals surface area contributed by atoms with Crippen LogP contribution in [0.4, 0.5) is 5.69 Å². The van der Waals surface area contributed by atoms with Crippen molar-refractivity contribution in [1.82, 2.24) is 10.6 Å². The lowest BCUT2D eigenvalue weighted by molar-refractivity contribution is -0.130. The second-order valence-electron chi connectivity index (χ2n) is 8.14. The van der Waals surface area contributed by atoms with E-state index in [2.05, 4.69) is 16.0 Å². The van der Waals surface area contributed by atoms with Gasteiger partial charge in [-0.15, -0.1) is 0 Å². The van der Waals surface area contributed by atoms with Gasteiger partial charge in [-0.05, 0) is 75.1 Å². The number of benzene rings is 2. The van der Waals surface area contributed by atoms with Gasteiger partial charge in [-0.1, -0.05) is 12.1 Å². The first-order valence-electron chi connectivity index (χ1n) is 11.2. The monoisotopic (exact) mass is 453 g/mol. The Balaban J connectivity index is 1.43. The largest absolute Gasteiger partial charge is 0.481 e. The van der Waals surface area contributed by atoms with E-state index in [1.807, 2.05) is 32.0 Å². The summed E-state index contributed by atoms with van der Waals surface area (Å²) in [5.74, 6) is -0.00445. The summed E-state index contributed by atoms with van der Waals surface area (Å²) in [4.78, 5) is 36.7. The molecule has 0 aromatic heterocycles. The average Bonchev–Trinajstić information content (AvgIpc) is 3.34. The first kappa shape index (κ1) is 24.3. The van der Waals surface area contributed by atoms with E-state index in [9.17, 15) is 14.4 Å². The van der Waals surface area contributed by atoms with Gasteiger partial charge in [0, 0.05) is 30.9 Å². The fourth-order valence-electron chi connectivity index (χ4n) is 3.39. The zero-order valence-electron chi connectivity index (χ0n) is 19.3. The number of hydrogen-bond acceptors (Lipinski definition) is 5. The number of carbonyl (C=O) groups is 3. The molecule has 2 unspecified atom stereocenters. The van der Waals surface area contributed by atoms with Crippen LogP contribution in [0.2, 0.25) is 0 Å². The van der Waals surface area contributed by atoms with Crippen molar-refractivity contribution in [3.05, 3.63) is 59.2 Å². The zero-order valence-corrected chi connectivity index (χ0v) is 19.3. The van der Waals surface area contributed by atoms with Gasteiger partial charge in [-0.3, -0.25) is 14.4 Å². The molecule has 0 radical (unpaired) electrons. The molecule has 33 heavy (non-hydrogen) atoms. The molecule has 8 heteroatoms. The SMILES string of the molecule is Cc1ccc(C)c(OC(C)C(=O)Nc2ccc(C(=O)NCCNC(=O)C3CCCO3)cc2)c1. The lowest BCUT2D eigenvalue weighted by atomic mass is 10.1. The number of hydrogen-bond donors (Lipinski definition) is 3. The predicted molar refractivity (Wildman–Crippen MR) is 125 cm³/mol. The maximum Gasteiger partial charge on any atom is 0.265 e. The van der Waals surface area contributed by atoms with Gasteiger partial charge in [0.1, 0.15) is 11.9 Å². The van der Waals surface area contributed by atoms with Gasteiger partial charge in [0.05, 0.1) is 0 Å². The number of rotatable bonds is 9. The summed E-state index contributed by atoms with van der Waals surface area (Å²) in [5, 5.41) is 8.32. The molecule has 0 bridgehead atoms. The first-order valence-corrected chi connectivity index (χ1v) is 11.2. The Labute approximate surface area is 194 Å². The minimum atomic E-state index is -0.682. The predicted octanol–water partition coefficient (Wildman–Crippen LogP) is 2.73. The second kappa shape index (κ2) is 11.5. The third-order valence-corrected chi connectivity index (χ3v) is 5.36. The molecular formula is C25H31N3O5. The van der Waals surface area contributed by atoms with Crippen molar-refractivity contribution in [1.29, 1.82) is 0 Å². The van der Waals surface area contributed by atoms with Crippen molar-refractivity contribution in [2.24, 2.45) is 0 Å². The molecule has 2 aromatic carbocycles. The van der Waals surface area contributed by atoms with Crippen LogP contribution in [0, 0.1) is 13.8 Å². The van der Waals surface area contributed by atoms with Gasteiger partial charge in [-0.2, -0.15) is 0 Å². The highest BCUT2D eigenvalue weighted by atomic mass is 16.5. The number of carbonyl (C=O) groups excluding carboxylic acids is 3. The van der Waals surface area contributed by atoms with Crippen molar-refractivity contribution in [2.75, 3.05) is 25.0 Å². The fraction of sp³-hybridized carbons (Fsp3) is 0.400. The molecule has 3 rings (SSSR count). The van der Waals surface area contributed by atoms with Crippen LogP contribution in [-0.4, -0.2) is 49.6 Å². The second-order valence-corrected chi connectivity index (χ2v) is 8.14. The van der Waals surface area contributed by atoms with Crippen LogP contribution < -0.4 is 20.7 Å². The summed E-state index contributed by atoms with van der Waals surface area (Å²) in [6.07, 6.45) is 0.567. The van der Waals surface area contributed by atoms with E-state index in [0.717, 1.165) is 24.0 Å². The number of aryl methyl sites for hydroxylation is 2. The van der Waals surface area contributed by atoms with Gasteiger partial charge in [0.25, 0.3) is 11.8 Å². The fourth-order valence-corrected chi connectivity index (χ4v) is 3.39. The summed E-state index contributed by atoms with van der Waals surface area (Å²) >= 11 is 0. The summed E-state index contributed by atoms with van der Waals surface area (Å²) in [7, 11) is 0. The van der Waals surface area contributed by atoms with Crippen molar-refractivity contribution >= 4 is 23.4 Å². The summed E-state index contributed by atoms with van der Waals surface area (Å²) < 4.78 is 11.1.